The van der Waals surface area contributed by atoms with Crippen molar-refractivity contribution < 1.29 is 9.90 Å². The summed E-state index contributed by atoms with van der Waals surface area (Å²) in [6.45, 7) is 0. The monoisotopic (exact) mass is 150 g/mol. The lowest BCUT2D eigenvalue weighted by molar-refractivity contribution is 0.203. The molecule has 1 aromatic rings. The van der Waals surface area contributed by atoms with Gasteiger partial charge in [-0.3, -0.25) is 4.90 Å². The van der Waals surface area contributed by atoms with Gasteiger partial charge in [-0.2, -0.15) is 0 Å². The number of benzene rings is 1. The summed E-state index contributed by atoms with van der Waals surface area (Å²) in [7, 11) is 1.49. The van der Waals surface area contributed by atoms with Gasteiger partial charge in [0.05, 0.1) is 0 Å². The lowest BCUT2D eigenvalue weighted by Crippen LogP contribution is -2.23. The number of nitrogens with zero attached hydrogens (tertiary/aromatic N) is 1. The number of amides is 1. The van der Waals surface area contributed by atoms with Crippen molar-refractivity contribution in [2.45, 2.75) is 0 Å². The molecule has 0 aliphatic rings. The topological polar surface area (TPSA) is 40.5 Å². The highest BCUT2D eigenvalue weighted by Crippen LogP contribution is 2.09. The van der Waals surface area contributed by atoms with Crippen LogP contribution < -0.4 is 4.90 Å². The maximum absolute atomic E-state index is 10.4. The summed E-state index contributed by atoms with van der Waals surface area (Å²) in [6, 6.07) is 9.59. The lowest BCUT2D eigenvalue weighted by Gasteiger charge is -2.11. The van der Waals surface area contributed by atoms with Crippen LogP contribution in [0.25, 0.3) is 0 Å². The van der Waals surface area contributed by atoms with Crippen LogP contribution in [-0.2, 0) is 0 Å². The second kappa shape index (κ2) is 3.05. The zero-order valence-electron chi connectivity index (χ0n) is 6.11. The van der Waals surface area contributed by atoms with Crippen molar-refractivity contribution >= 4 is 11.8 Å². The zero-order valence-corrected chi connectivity index (χ0v) is 6.11. The van der Waals surface area contributed by atoms with Crippen molar-refractivity contribution in [3.8, 4) is 0 Å². The molecule has 0 aliphatic carbocycles. The van der Waals surface area contributed by atoms with Crippen molar-refractivity contribution in [3.05, 3.63) is 30.3 Å². The van der Waals surface area contributed by atoms with Gasteiger partial charge in [-0.05, 0) is 18.2 Å². The van der Waals surface area contributed by atoms with E-state index in [0.717, 1.165) is 4.90 Å². The molecule has 0 spiro atoms. The fourth-order valence-electron chi connectivity index (χ4n) is 0.703. The maximum atomic E-state index is 10.4. The van der Waals surface area contributed by atoms with Gasteiger partial charge < -0.3 is 5.11 Å². The first-order chi connectivity index (χ1) is 5.22. The quantitative estimate of drug-likeness (QED) is 0.660. The third-order valence-electron chi connectivity index (χ3n) is 1.36. The SMILES string of the molecule is CN(C(=O)O)c1c[c]ccc1. The van der Waals surface area contributed by atoms with E-state index in [1.54, 1.807) is 24.3 Å². The van der Waals surface area contributed by atoms with Gasteiger partial charge in [-0.1, -0.05) is 12.1 Å². The number of carbonyl (C=O) groups is 1. The normalized spacial score (nSPS) is 9.18. The second-order valence-corrected chi connectivity index (χ2v) is 2.10. The fourth-order valence-corrected chi connectivity index (χ4v) is 0.703. The summed E-state index contributed by atoms with van der Waals surface area (Å²) in [5, 5.41) is 8.55. The van der Waals surface area contributed by atoms with E-state index >= 15 is 0 Å². The molecule has 1 radical (unpaired) electrons. The van der Waals surface area contributed by atoms with E-state index in [1.165, 1.54) is 7.05 Å². The predicted octanol–water partition coefficient (Wildman–Crippen LogP) is 1.60. The molecule has 0 saturated carbocycles. The Morgan fingerprint density at radius 1 is 1.73 bits per heavy atom. The molecule has 0 bridgehead atoms. The summed E-state index contributed by atoms with van der Waals surface area (Å²) < 4.78 is 0. The first-order valence-corrected chi connectivity index (χ1v) is 3.14. The van der Waals surface area contributed by atoms with Crippen molar-refractivity contribution in [2.24, 2.45) is 0 Å². The van der Waals surface area contributed by atoms with Gasteiger partial charge in [-0.15, -0.1) is 0 Å². The van der Waals surface area contributed by atoms with Crippen LogP contribution in [-0.4, -0.2) is 18.2 Å². The van der Waals surface area contributed by atoms with E-state index in [9.17, 15) is 4.79 Å². The molecule has 1 N–H and O–H groups in total. The summed E-state index contributed by atoms with van der Waals surface area (Å²) in [4.78, 5) is 11.5. The highest BCUT2D eigenvalue weighted by molar-refractivity contribution is 5.85. The van der Waals surface area contributed by atoms with Gasteiger partial charge >= 0.3 is 6.09 Å². The van der Waals surface area contributed by atoms with Gasteiger partial charge in [-0.25, -0.2) is 4.79 Å². The molecule has 0 saturated heterocycles. The summed E-state index contributed by atoms with van der Waals surface area (Å²) in [5.74, 6) is 0. The van der Waals surface area contributed by atoms with Gasteiger partial charge in [0, 0.05) is 12.7 Å². The van der Waals surface area contributed by atoms with E-state index in [4.69, 9.17) is 5.11 Å². The van der Waals surface area contributed by atoms with Gasteiger partial charge in [0.15, 0.2) is 0 Å². The molecule has 1 rings (SSSR count). The highest BCUT2D eigenvalue weighted by atomic mass is 16.4. The van der Waals surface area contributed by atoms with Crippen molar-refractivity contribution in [3.63, 3.8) is 0 Å². The van der Waals surface area contributed by atoms with E-state index in [1.807, 2.05) is 0 Å². The number of carboxylic acid groups (broad SMARTS) is 1. The Kier molecular flexibility index (Phi) is 2.11. The minimum absolute atomic E-state index is 0.625. The number of anilines is 1. The maximum Gasteiger partial charge on any atom is 0.411 e. The smallest absolute Gasteiger partial charge is 0.411 e. The molecular weight excluding hydrogens is 142 g/mol. The molecule has 11 heavy (non-hydrogen) atoms. The highest BCUT2D eigenvalue weighted by Gasteiger charge is 2.05. The Labute approximate surface area is 64.9 Å². The fraction of sp³-hybridized carbons (Fsp3) is 0.125. The number of hydrogen-bond donors (Lipinski definition) is 1. The second-order valence-electron chi connectivity index (χ2n) is 2.10. The van der Waals surface area contributed by atoms with Crippen LogP contribution >= 0.6 is 0 Å². The Hall–Kier alpha value is -1.51. The molecule has 0 fully saturated rings. The average molecular weight is 150 g/mol. The molecule has 3 nitrogen and oxygen atoms in total. The lowest BCUT2D eigenvalue weighted by atomic mass is 10.3. The van der Waals surface area contributed by atoms with Crippen LogP contribution in [0.3, 0.4) is 0 Å². The Morgan fingerprint density at radius 3 is 2.91 bits per heavy atom. The van der Waals surface area contributed by atoms with Crippen LogP contribution in [0.2, 0.25) is 0 Å². The number of hydrogen-bond acceptors (Lipinski definition) is 1. The van der Waals surface area contributed by atoms with Gasteiger partial charge in [0.25, 0.3) is 0 Å². The van der Waals surface area contributed by atoms with Crippen LogP contribution in [0.15, 0.2) is 24.3 Å². The molecule has 0 heterocycles. The molecule has 0 atom stereocenters. The minimum atomic E-state index is -0.968. The standard InChI is InChI=1S/C8H8NO2/c1-9(8(10)11)7-5-3-2-4-6-7/h2-3,5-6H,1H3,(H,10,11). The average Bonchev–Trinajstić information content (AvgIpc) is 2.05. The van der Waals surface area contributed by atoms with Crippen molar-refractivity contribution in [1.82, 2.24) is 0 Å². The molecule has 0 aliphatic heterocycles. The zero-order chi connectivity index (χ0) is 8.27. The van der Waals surface area contributed by atoms with E-state index in [2.05, 4.69) is 6.07 Å². The van der Waals surface area contributed by atoms with Crippen molar-refractivity contribution in [2.75, 3.05) is 11.9 Å². The third kappa shape index (κ3) is 1.70. The number of rotatable bonds is 1. The predicted molar refractivity (Wildman–Crippen MR) is 41.7 cm³/mol. The summed E-state index contributed by atoms with van der Waals surface area (Å²) >= 11 is 0. The Morgan fingerprint density at radius 2 is 2.45 bits per heavy atom. The minimum Gasteiger partial charge on any atom is -0.465 e. The van der Waals surface area contributed by atoms with Crippen molar-refractivity contribution in [1.29, 1.82) is 0 Å². The molecule has 1 amide bonds. The molecule has 57 valence electrons. The molecular formula is C8H8NO2. The van der Waals surface area contributed by atoms with Crippen LogP contribution in [0, 0.1) is 6.07 Å². The van der Waals surface area contributed by atoms with Crippen LogP contribution in [0.1, 0.15) is 0 Å². The van der Waals surface area contributed by atoms with E-state index in [0.29, 0.717) is 5.69 Å². The molecule has 1 aromatic carbocycles. The van der Waals surface area contributed by atoms with E-state index < -0.39 is 6.09 Å². The van der Waals surface area contributed by atoms with Gasteiger partial charge in [0.2, 0.25) is 0 Å². The summed E-state index contributed by atoms with van der Waals surface area (Å²) in [6.07, 6.45) is -0.968. The largest absolute Gasteiger partial charge is 0.465 e. The molecule has 3 heteroatoms. The Bertz CT molecular complexity index is 246. The molecule has 0 aromatic heterocycles. The van der Waals surface area contributed by atoms with Crippen LogP contribution in [0.4, 0.5) is 10.5 Å². The van der Waals surface area contributed by atoms with E-state index in [-0.39, 0.29) is 0 Å². The van der Waals surface area contributed by atoms with Gasteiger partial charge in [0.1, 0.15) is 0 Å². The molecule has 0 unspecified atom stereocenters. The Balaban J connectivity index is 2.85. The third-order valence-corrected chi connectivity index (χ3v) is 1.36. The first-order valence-electron chi connectivity index (χ1n) is 3.14. The summed E-state index contributed by atoms with van der Waals surface area (Å²) in [5.41, 5.74) is 0.625. The van der Waals surface area contributed by atoms with Crippen LogP contribution in [0.5, 0.6) is 0 Å². The first kappa shape index (κ1) is 7.60.